The van der Waals surface area contributed by atoms with Crippen LogP contribution in [0.3, 0.4) is 0 Å². The highest BCUT2D eigenvalue weighted by Crippen LogP contribution is 2.49. The molecule has 1 aromatic carbocycles. The van der Waals surface area contributed by atoms with Crippen LogP contribution in [-0.4, -0.2) is 14.5 Å². The molecule has 114 valence electrons. The van der Waals surface area contributed by atoms with Crippen LogP contribution < -0.4 is 4.72 Å². The van der Waals surface area contributed by atoms with Crippen LogP contribution in [0.1, 0.15) is 38.2 Å². The van der Waals surface area contributed by atoms with Gasteiger partial charge in [0.2, 0.25) is 10.0 Å². The van der Waals surface area contributed by atoms with E-state index in [1.54, 1.807) is 6.08 Å². The molecule has 0 amide bonds. The summed E-state index contributed by atoms with van der Waals surface area (Å²) in [5.74, 6) is 2.08. The van der Waals surface area contributed by atoms with Crippen molar-refractivity contribution in [3.63, 3.8) is 0 Å². The van der Waals surface area contributed by atoms with Crippen molar-refractivity contribution in [2.45, 2.75) is 38.6 Å². The van der Waals surface area contributed by atoms with E-state index in [1.165, 1.54) is 31.1 Å². The number of hydrogen-bond acceptors (Lipinski definition) is 2. The van der Waals surface area contributed by atoms with Crippen LogP contribution in [0.15, 0.2) is 35.7 Å². The molecule has 2 aliphatic rings. The maximum absolute atomic E-state index is 12.2. The monoisotopic (exact) mass is 305 g/mol. The van der Waals surface area contributed by atoms with Gasteiger partial charge >= 0.3 is 0 Å². The molecule has 0 aromatic heterocycles. The number of benzene rings is 1. The normalized spacial score (nSPS) is 30.0. The van der Waals surface area contributed by atoms with Crippen molar-refractivity contribution in [1.82, 2.24) is 4.72 Å². The molecule has 0 saturated heterocycles. The molecule has 2 fully saturated rings. The summed E-state index contributed by atoms with van der Waals surface area (Å²) in [6, 6.07) is 9.54. The Hall–Kier alpha value is -1.13. The van der Waals surface area contributed by atoms with Crippen LogP contribution in [0.5, 0.6) is 0 Å². The fraction of sp³-hybridized carbons (Fsp3) is 0.529. The van der Waals surface area contributed by atoms with Crippen molar-refractivity contribution in [3.05, 3.63) is 41.3 Å². The van der Waals surface area contributed by atoms with E-state index in [1.807, 2.05) is 37.3 Å². The van der Waals surface area contributed by atoms with Gasteiger partial charge in [0.25, 0.3) is 0 Å². The van der Waals surface area contributed by atoms with Crippen molar-refractivity contribution in [1.29, 1.82) is 0 Å². The van der Waals surface area contributed by atoms with Crippen LogP contribution in [-0.2, 0) is 10.0 Å². The second kappa shape index (κ2) is 5.93. The third-order valence-corrected chi connectivity index (χ3v) is 6.22. The number of nitrogens with one attached hydrogen (secondary N) is 1. The molecule has 4 heteroatoms. The summed E-state index contributed by atoms with van der Waals surface area (Å²) in [5, 5.41) is 1.28. The summed E-state index contributed by atoms with van der Waals surface area (Å²) in [4.78, 5) is 0. The minimum atomic E-state index is -3.36. The summed E-state index contributed by atoms with van der Waals surface area (Å²) in [7, 11) is -3.36. The van der Waals surface area contributed by atoms with Crippen molar-refractivity contribution in [3.8, 4) is 0 Å². The Kier molecular flexibility index (Phi) is 4.18. The Morgan fingerprint density at radius 3 is 2.57 bits per heavy atom. The van der Waals surface area contributed by atoms with E-state index in [-0.39, 0.29) is 6.04 Å². The number of sulfonamides is 1. The van der Waals surface area contributed by atoms with E-state index >= 15 is 0 Å². The number of hydrogen-bond donors (Lipinski definition) is 1. The third-order valence-electron chi connectivity index (χ3n) is 5.02. The third kappa shape index (κ3) is 3.55. The summed E-state index contributed by atoms with van der Waals surface area (Å²) in [6.45, 7) is 2.01. The minimum absolute atomic E-state index is 0.0331. The Morgan fingerprint density at radius 2 is 1.95 bits per heavy atom. The molecule has 0 spiro atoms. The van der Waals surface area contributed by atoms with Gasteiger partial charge in [-0.1, -0.05) is 36.8 Å². The fourth-order valence-electron chi connectivity index (χ4n) is 4.02. The highest BCUT2D eigenvalue weighted by Gasteiger charge is 2.42. The first-order valence-electron chi connectivity index (χ1n) is 7.79. The lowest BCUT2D eigenvalue weighted by Gasteiger charge is -2.27. The van der Waals surface area contributed by atoms with Crippen molar-refractivity contribution < 1.29 is 8.42 Å². The zero-order valence-electron chi connectivity index (χ0n) is 12.4. The Labute approximate surface area is 127 Å². The predicted molar refractivity (Wildman–Crippen MR) is 85.9 cm³/mol. The smallest absolute Gasteiger partial charge is 0.209 e. The molecular formula is C17H23NO2S. The Balaban J connectivity index is 1.62. The van der Waals surface area contributed by atoms with Crippen LogP contribution in [0.2, 0.25) is 0 Å². The first-order chi connectivity index (χ1) is 10.0. The molecule has 0 heterocycles. The first kappa shape index (κ1) is 14.8. The summed E-state index contributed by atoms with van der Waals surface area (Å²) in [5.41, 5.74) is 0.899. The van der Waals surface area contributed by atoms with E-state index in [0.717, 1.165) is 17.4 Å². The molecule has 21 heavy (non-hydrogen) atoms. The highest BCUT2D eigenvalue weighted by atomic mass is 32.2. The highest BCUT2D eigenvalue weighted by molar-refractivity contribution is 7.92. The fourth-order valence-corrected chi connectivity index (χ4v) is 5.13. The molecule has 3 nitrogen and oxygen atoms in total. The molecule has 2 saturated carbocycles. The van der Waals surface area contributed by atoms with Crippen molar-refractivity contribution >= 4 is 16.1 Å². The van der Waals surface area contributed by atoms with Crippen LogP contribution in [0.4, 0.5) is 0 Å². The number of rotatable bonds is 5. The average Bonchev–Trinajstić information content (AvgIpc) is 3.09. The van der Waals surface area contributed by atoms with Gasteiger partial charge in [0.15, 0.2) is 0 Å². The maximum Gasteiger partial charge on any atom is 0.233 e. The zero-order valence-corrected chi connectivity index (χ0v) is 13.2. The number of fused-ring (bicyclic) bond motifs is 2. The van der Waals surface area contributed by atoms with E-state index in [0.29, 0.717) is 5.92 Å². The minimum Gasteiger partial charge on any atom is -0.209 e. The van der Waals surface area contributed by atoms with Gasteiger partial charge in [-0.15, -0.1) is 0 Å². The molecule has 0 radical (unpaired) electrons. The van der Waals surface area contributed by atoms with E-state index < -0.39 is 10.0 Å². The van der Waals surface area contributed by atoms with Crippen LogP contribution >= 0.6 is 0 Å². The van der Waals surface area contributed by atoms with Gasteiger partial charge < -0.3 is 0 Å². The van der Waals surface area contributed by atoms with Gasteiger partial charge in [0.05, 0.1) is 0 Å². The largest absolute Gasteiger partial charge is 0.233 e. The van der Waals surface area contributed by atoms with E-state index in [4.69, 9.17) is 0 Å². The molecule has 3 rings (SSSR count). The van der Waals surface area contributed by atoms with Gasteiger partial charge in [-0.05, 0) is 55.6 Å². The standard InChI is InChI=1S/C17H23NO2S/c1-13(17-12-15-7-8-16(17)11-15)18-21(19,20)10-9-14-5-3-2-4-6-14/h2-6,9-10,13,15-18H,7-8,11-12H2,1H3/b10-9+. The van der Waals surface area contributed by atoms with E-state index in [2.05, 4.69) is 4.72 Å². The van der Waals surface area contributed by atoms with Crippen molar-refractivity contribution in [2.75, 3.05) is 0 Å². The molecule has 0 aliphatic heterocycles. The molecule has 4 atom stereocenters. The Bertz CT molecular complexity index is 609. The molecule has 1 N–H and O–H groups in total. The molecule has 4 unspecified atom stereocenters. The van der Waals surface area contributed by atoms with Crippen molar-refractivity contribution in [2.24, 2.45) is 17.8 Å². The second-order valence-corrected chi connectivity index (χ2v) is 8.10. The van der Waals surface area contributed by atoms with E-state index in [9.17, 15) is 8.42 Å². The van der Waals surface area contributed by atoms with Gasteiger partial charge in [-0.2, -0.15) is 0 Å². The second-order valence-electron chi connectivity index (χ2n) is 6.50. The average molecular weight is 305 g/mol. The van der Waals surface area contributed by atoms with Gasteiger partial charge in [0.1, 0.15) is 0 Å². The van der Waals surface area contributed by atoms with Crippen LogP contribution in [0, 0.1) is 17.8 Å². The quantitative estimate of drug-likeness (QED) is 0.906. The maximum atomic E-state index is 12.2. The first-order valence-corrected chi connectivity index (χ1v) is 9.33. The molecular weight excluding hydrogens is 282 g/mol. The summed E-state index contributed by atoms with van der Waals surface area (Å²) < 4.78 is 27.2. The lowest BCUT2D eigenvalue weighted by molar-refractivity contribution is 0.280. The summed E-state index contributed by atoms with van der Waals surface area (Å²) >= 11 is 0. The Morgan fingerprint density at radius 1 is 1.19 bits per heavy atom. The predicted octanol–water partition coefficient (Wildman–Crippen LogP) is 3.40. The van der Waals surface area contributed by atoms with Crippen LogP contribution in [0.25, 0.3) is 6.08 Å². The zero-order chi connectivity index (χ0) is 14.9. The summed E-state index contributed by atoms with van der Waals surface area (Å²) in [6.07, 6.45) is 6.76. The van der Waals surface area contributed by atoms with Gasteiger partial charge in [-0.3, -0.25) is 0 Å². The lowest BCUT2D eigenvalue weighted by Crippen LogP contribution is -2.39. The van der Waals surface area contributed by atoms with Gasteiger partial charge in [-0.25, -0.2) is 13.1 Å². The SMILES string of the molecule is CC(NS(=O)(=O)/C=C/c1ccccc1)C1CC2CCC1C2. The topological polar surface area (TPSA) is 46.2 Å². The van der Waals surface area contributed by atoms with Gasteiger partial charge in [0, 0.05) is 11.4 Å². The molecule has 2 aliphatic carbocycles. The lowest BCUT2D eigenvalue weighted by atomic mass is 9.84. The molecule has 1 aromatic rings. The molecule has 2 bridgehead atoms.